The standard InChI is InChI=1S/C12H25N3O2/c1-11(2)13-10-12(17)15-5-3-4-14(6-7-15)8-9-16/h11,13,16H,3-10H2,1-2H3. The van der Waals surface area contributed by atoms with Gasteiger partial charge in [0.15, 0.2) is 0 Å². The lowest BCUT2D eigenvalue weighted by atomic mass is 10.3. The molecule has 1 saturated heterocycles. The molecule has 5 nitrogen and oxygen atoms in total. The van der Waals surface area contributed by atoms with Gasteiger partial charge in [0.1, 0.15) is 0 Å². The van der Waals surface area contributed by atoms with Crippen LogP contribution in [0.25, 0.3) is 0 Å². The number of rotatable bonds is 5. The van der Waals surface area contributed by atoms with Gasteiger partial charge < -0.3 is 15.3 Å². The average Bonchev–Trinajstić information content (AvgIpc) is 2.52. The summed E-state index contributed by atoms with van der Waals surface area (Å²) in [5, 5.41) is 12.1. The molecular formula is C12H25N3O2. The molecule has 0 atom stereocenters. The first-order valence-electron chi connectivity index (χ1n) is 6.48. The monoisotopic (exact) mass is 243 g/mol. The summed E-state index contributed by atoms with van der Waals surface area (Å²) in [5.41, 5.74) is 0. The minimum Gasteiger partial charge on any atom is -0.395 e. The van der Waals surface area contributed by atoms with Crippen molar-refractivity contribution in [2.75, 3.05) is 45.9 Å². The predicted octanol–water partition coefficient (Wildman–Crippen LogP) is -0.489. The summed E-state index contributed by atoms with van der Waals surface area (Å²) in [7, 11) is 0. The van der Waals surface area contributed by atoms with Gasteiger partial charge in [-0.1, -0.05) is 13.8 Å². The molecule has 2 N–H and O–H groups in total. The molecule has 0 aliphatic carbocycles. The Morgan fingerprint density at radius 3 is 2.71 bits per heavy atom. The van der Waals surface area contributed by atoms with Crippen molar-refractivity contribution in [2.45, 2.75) is 26.3 Å². The van der Waals surface area contributed by atoms with E-state index in [1.807, 2.05) is 18.7 Å². The molecule has 100 valence electrons. The maximum Gasteiger partial charge on any atom is 0.236 e. The molecule has 1 fully saturated rings. The van der Waals surface area contributed by atoms with E-state index in [1.165, 1.54) is 0 Å². The Bertz CT molecular complexity index is 234. The van der Waals surface area contributed by atoms with E-state index in [4.69, 9.17) is 5.11 Å². The first-order valence-corrected chi connectivity index (χ1v) is 6.48. The molecule has 1 heterocycles. The van der Waals surface area contributed by atoms with Crippen LogP contribution in [0.3, 0.4) is 0 Å². The molecule has 0 aromatic heterocycles. The zero-order chi connectivity index (χ0) is 12.7. The fraction of sp³-hybridized carbons (Fsp3) is 0.917. The van der Waals surface area contributed by atoms with E-state index in [-0.39, 0.29) is 12.5 Å². The summed E-state index contributed by atoms with van der Waals surface area (Å²) in [5.74, 6) is 0.185. The molecule has 0 aromatic rings. The second kappa shape index (κ2) is 7.63. The van der Waals surface area contributed by atoms with Crippen molar-refractivity contribution in [3.05, 3.63) is 0 Å². The number of nitrogens with one attached hydrogen (secondary N) is 1. The Morgan fingerprint density at radius 1 is 1.29 bits per heavy atom. The predicted molar refractivity (Wildman–Crippen MR) is 67.9 cm³/mol. The number of aliphatic hydroxyl groups excluding tert-OH is 1. The lowest BCUT2D eigenvalue weighted by Gasteiger charge is -2.22. The van der Waals surface area contributed by atoms with Gasteiger partial charge in [-0.05, 0) is 13.0 Å². The lowest BCUT2D eigenvalue weighted by molar-refractivity contribution is -0.130. The zero-order valence-electron chi connectivity index (χ0n) is 11.0. The molecule has 0 aromatic carbocycles. The van der Waals surface area contributed by atoms with Gasteiger partial charge in [0, 0.05) is 32.2 Å². The van der Waals surface area contributed by atoms with E-state index in [0.717, 1.165) is 32.6 Å². The number of hydrogen-bond acceptors (Lipinski definition) is 4. The van der Waals surface area contributed by atoms with Crippen LogP contribution in [0.15, 0.2) is 0 Å². The normalized spacial score (nSPS) is 18.5. The third kappa shape index (κ3) is 5.48. The summed E-state index contributed by atoms with van der Waals surface area (Å²) >= 11 is 0. The highest BCUT2D eigenvalue weighted by Crippen LogP contribution is 2.02. The first kappa shape index (κ1) is 14.4. The van der Waals surface area contributed by atoms with Gasteiger partial charge in [-0.15, -0.1) is 0 Å². The van der Waals surface area contributed by atoms with Crippen LogP contribution >= 0.6 is 0 Å². The molecule has 17 heavy (non-hydrogen) atoms. The Morgan fingerprint density at radius 2 is 2.06 bits per heavy atom. The first-order chi connectivity index (χ1) is 8.13. The summed E-state index contributed by atoms with van der Waals surface area (Å²) in [6.07, 6.45) is 0.993. The van der Waals surface area contributed by atoms with E-state index in [9.17, 15) is 4.79 Å². The van der Waals surface area contributed by atoms with Gasteiger partial charge in [0.25, 0.3) is 0 Å². The topological polar surface area (TPSA) is 55.8 Å². The summed E-state index contributed by atoms with van der Waals surface area (Å²) in [6.45, 7) is 8.87. The Labute approximate surface area is 104 Å². The van der Waals surface area contributed by atoms with Crippen molar-refractivity contribution in [3.63, 3.8) is 0 Å². The Balaban J connectivity index is 2.32. The molecular weight excluding hydrogens is 218 g/mol. The van der Waals surface area contributed by atoms with Crippen LogP contribution in [0.4, 0.5) is 0 Å². The van der Waals surface area contributed by atoms with E-state index in [2.05, 4.69) is 10.2 Å². The van der Waals surface area contributed by atoms with Gasteiger partial charge >= 0.3 is 0 Å². The second-order valence-electron chi connectivity index (χ2n) is 4.84. The van der Waals surface area contributed by atoms with E-state index in [0.29, 0.717) is 19.1 Å². The lowest BCUT2D eigenvalue weighted by Crippen LogP contribution is -2.42. The molecule has 5 heteroatoms. The van der Waals surface area contributed by atoms with Crippen molar-refractivity contribution in [3.8, 4) is 0 Å². The zero-order valence-corrected chi connectivity index (χ0v) is 11.0. The molecule has 0 saturated carbocycles. The minimum absolute atomic E-state index is 0.185. The maximum absolute atomic E-state index is 11.9. The second-order valence-corrected chi connectivity index (χ2v) is 4.84. The molecule has 0 spiro atoms. The highest BCUT2D eigenvalue weighted by molar-refractivity contribution is 5.78. The highest BCUT2D eigenvalue weighted by Gasteiger charge is 2.18. The van der Waals surface area contributed by atoms with E-state index in [1.54, 1.807) is 0 Å². The third-order valence-electron chi connectivity index (χ3n) is 3.02. The van der Waals surface area contributed by atoms with E-state index < -0.39 is 0 Å². The fourth-order valence-corrected chi connectivity index (χ4v) is 1.99. The number of carbonyl (C=O) groups excluding carboxylic acids is 1. The Kier molecular flexibility index (Phi) is 6.47. The molecule has 1 aliphatic heterocycles. The highest BCUT2D eigenvalue weighted by atomic mass is 16.3. The van der Waals surface area contributed by atoms with Crippen molar-refractivity contribution < 1.29 is 9.90 Å². The van der Waals surface area contributed by atoms with Gasteiger partial charge in [-0.3, -0.25) is 9.69 Å². The summed E-state index contributed by atoms with van der Waals surface area (Å²) < 4.78 is 0. The summed E-state index contributed by atoms with van der Waals surface area (Å²) in [4.78, 5) is 16.1. The van der Waals surface area contributed by atoms with Crippen LogP contribution in [-0.2, 0) is 4.79 Å². The van der Waals surface area contributed by atoms with Gasteiger partial charge in [-0.25, -0.2) is 0 Å². The van der Waals surface area contributed by atoms with Crippen LogP contribution < -0.4 is 5.32 Å². The average molecular weight is 243 g/mol. The van der Waals surface area contributed by atoms with Gasteiger partial charge in [0.2, 0.25) is 5.91 Å². The molecule has 0 bridgehead atoms. The van der Waals surface area contributed by atoms with Crippen LogP contribution in [0, 0.1) is 0 Å². The molecule has 0 unspecified atom stereocenters. The fourth-order valence-electron chi connectivity index (χ4n) is 1.99. The minimum atomic E-state index is 0.185. The van der Waals surface area contributed by atoms with Gasteiger partial charge in [-0.2, -0.15) is 0 Å². The van der Waals surface area contributed by atoms with Crippen LogP contribution in [-0.4, -0.2) is 72.7 Å². The van der Waals surface area contributed by atoms with Gasteiger partial charge in [0.05, 0.1) is 13.2 Å². The van der Waals surface area contributed by atoms with Crippen LogP contribution in [0.2, 0.25) is 0 Å². The molecule has 1 aliphatic rings. The number of carbonyl (C=O) groups is 1. The number of β-amino-alcohol motifs (C(OH)–C–C–N with tert-alkyl or cyclic N) is 1. The molecule has 1 rings (SSSR count). The number of hydrogen-bond donors (Lipinski definition) is 2. The third-order valence-corrected chi connectivity index (χ3v) is 3.02. The molecule has 1 amide bonds. The maximum atomic E-state index is 11.9. The number of aliphatic hydroxyl groups is 1. The number of nitrogens with zero attached hydrogens (tertiary/aromatic N) is 2. The van der Waals surface area contributed by atoms with Crippen molar-refractivity contribution in [1.82, 2.24) is 15.1 Å². The summed E-state index contributed by atoms with van der Waals surface area (Å²) in [6, 6.07) is 0.344. The SMILES string of the molecule is CC(C)NCC(=O)N1CCCN(CCO)CC1. The Hall–Kier alpha value is -0.650. The number of amides is 1. The van der Waals surface area contributed by atoms with E-state index >= 15 is 0 Å². The van der Waals surface area contributed by atoms with Crippen molar-refractivity contribution >= 4 is 5.91 Å². The smallest absolute Gasteiger partial charge is 0.236 e. The van der Waals surface area contributed by atoms with Crippen molar-refractivity contribution in [2.24, 2.45) is 0 Å². The van der Waals surface area contributed by atoms with Crippen LogP contribution in [0.5, 0.6) is 0 Å². The van der Waals surface area contributed by atoms with Crippen LogP contribution in [0.1, 0.15) is 20.3 Å². The van der Waals surface area contributed by atoms with Crippen molar-refractivity contribution in [1.29, 1.82) is 0 Å². The molecule has 0 radical (unpaired) electrons. The quantitative estimate of drug-likeness (QED) is 0.684. The largest absolute Gasteiger partial charge is 0.395 e.